The van der Waals surface area contributed by atoms with Gasteiger partial charge in [0.1, 0.15) is 11.3 Å². The topological polar surface area (TPSA) is 130 Å². The molecular formula is C18H28N4O6S. The minimum atomic E-state index is -1.14. The second kappa shape index (κ2) is 9.88. The van der Waals surface area contributed by atoms with Crippen molar-refractivity contribution in [1.29, 1.82) is 0 Å². The molecule has 1 aliphatic heterocycles. The zero-order chi connectivity index (χ0) is 21.6. The van der Waals surface area contributed by atoms with Gasteiger partial charge >= 0.3 is 12.1 Å². The van der Waals surface area contributed by atoms with Gasteiger partial charge in [0.25, 0.3) is 5.91 Å². The Hall–Kier alpha value is -2.40. The molecule has 0 spiro atoms. The minimum absolute atomic E-state index is 0.0853. The molecule has 11 heteroatoms. The number of hydrogen-bond donors (Lipinski definition) is 3. The minimum Gasteiger partial charge on any atom is -0.467 e. The Labute approximate surface area is 173 Å². The van der Waals surface area contributed by atoms with Crippen LogP contribution in [-0.4, -0.2) is 72.6 Å². The number of esters is 1. The lowest BCUT2D eigenvalue weighted by atomic mass is 10.1. The molecule has 1 saturated heterocycles. The average molecular weight is 429 g/mol. The van der Waals surface area contributed by atoms with Crippen molar-refractivity contribution in [2.75, 3.05) is 31.7 Å². The zero-order valence-corrected chi connectivity index (χ0v) is 17.9. The maximum absolute atomic E-state index is 12.3. The third-order valence-corrected chi connectivity index (χ3v) is 5.01. The van der Waals surface area contributed by atoms with Crippen LogP contribution in [0.25, 0.3) is 0 Å². The van der Waals surface area contributed by atoms with E-state index in [0.29, 0.717) is 11.7 Å². The second-order valence-corrected chi connectivity index (χ2v) is 8.52. The summed E-state index contributed by atoms with van der Waals surface area (Å²) in [6, 6.07) is -1.23. The lowest BCUT2D eigenvalue weighted by Gasteiger charge is -2.33. The number of carbonyl (C=O) groups is 3. The molecule has 1 aliphatic rings. The van der Waals surface area contributed by atoms with E-state index in [0.717, 1.165) is 19.4 Å². The number of nitrogens with zero attached hydrogens (tertiary/aromatic N) is 2. The number of carbonyl (C=O) groups excluding carboxylic acids is 3. The van der Waals surface area contributed by atoms with Gasteiger partial charge in [-0.15, -0.1) is 11.3 Å². The first kappa shape index (κ1) is 22.9. The number of nitrogens with one attached hydrogen (secondary N) is 2. The predicted molar refractivity (Wildman–Crippen MR) is 107 cm³/mol. The van der Waals surface area contributed by atoms with E-state index in [4.69, 9.17) is 4.74 Å². The van der Waals surface area contributed by atoms with Crippen LogP contribution in [0, 0.1) is 0 Å². The van der Waals surface area contributed by atoms with Crippen molar-refractivity contribution in [3.05, 3.63) is 11.1 Å². The summed E-state index contributed by atoms with van der Waals surface area (Å²) in [7, 11) is 1.18. The van der Waals surface area contributed by atoms with E-state index in [1.165, 1.54) is 18.4 Å². The molecular weight excluding hydrogens is 400 g/mol. The largest absolute Gasteiger partial charge is 0.467 e. The lowest BCUT2D eigenvalue weighted by Crippen LogP contribution is -2.49. The van der Waals surface area contributed by atoms with E-state index in [1.807, 2.05) is 25.7 Å². The summed E-state index contributed by atoms with van der Waals surface area (Å²) in [6.45, 7) is 6.16. The van der Waals surface area contributed by atoms with Crippen LogP contribution < -0.4 is 15.5 Å². The van der Waals surface area contributed by atoms with Gasteiger partial charge in [0.05, 0.1) is 13.7 Å². The Morgan fingerprint density at radius 3 is 2.76 bits per heavy atom. The molecule has 2 amide bonds. The van der Waals surface area contributed by atoms with Crippen molar-refractivity contribution < 1.29 is 29.0 Å². The van der Waals surface area contributed by atoms with Crippen molar-refractivity contribution in [3.8, 4) is 0 Å². The van der Waals surface area contributed by atoms with Crippen LogP contribution in [0.15, 0.2) is 5.38 Å². The molecule has 1 aromatic rings. The Balaban J connectivity index is 1.96. The molecule has 0 unspecified atom stereocenters. The number of alkyl carbamates (subject to hydrolysis) is 1. The van der Waals surface area contributed by atoms with Crippen molar-refractivity contribution in [2.45, 2.75) is 51.3 Å². The molecule has 1 aromatic heterocycles. The summed E-state index contributed by atoms with van der Waals surface area (Å²) in [6.07, 6.45) is 1.23. The molecule has 3 N–H and O–H groups in total. The monoisotopic (exact) mass is 428 g/mol. The van der Waals surface area contributed by atoms with Crippen LogP contribution >= 0.6 is 11.3 Å². The van der Waals surface area contributed by atoms with Crippen LogP contribution in [0.1, 0.15) is 44.1 Å². The van der Waals surface area contributed by atoms with Gasteiger partial charge in [0, 0.05) is 24.5 Å². The summed E-state index contributed by atoms with van der Waals surface area (Å²) in [5.41, 5.74) is -0.415. The van der Waals surface area contributed by atoms with E-state index >= 15 is 0 Å². The Morgan fingerprint density at radius 1 is 1.41 bits per heavy atom. The summed E-state index contributed by atoms with van der Waals surface area (Å²) < 4.78 is 9.83. The maximum atomic E-state index is 12.3. The molecule has 162 valence electrons. The maximum Gasteiger partial charge on any atom is 0.407 e. The average Bonchev–Trinajstić information content (AvgIpc) is 3.14. The highest BCUT2D eigenvalue weighted by Crippen LogP contribution is 2.24. The number of thiazole rings is 1. The molecule has 0 aliphatic carbocycles. The number of anilines is 1. The summed E-state index contributed by atoms with van der Waals surface area (Å²) >= 11 is 1.30. The lowest BCUT2D eigenvalue weighted by molar-refractivity contribution is -0.143. The molecule has 29 heavy (non-hydrogen) atoms. The van der Waals surface area contributed by atoms with Gasteiger partial charge in [-0.05, 0) is 33.6 Å². The van der Waals surface area contributed by atoms with E-state index in [9.17, 15) is 19.5 Å². The van der Waals surface area contributed by atoms with Crippen LogP contribution in [-0.2, 0) is 14.3 Å². The van der Waals surface area contributed by atoms with Crippen LogP contribution in [0.4, 0.5) is 9.93 Å². The van der Waals surface area contributed by atoms with Crippen LogP contribution in [0.3, 0.4) is 0 Å². The Kier molecular flexibility index (Phi) is 7.80. The summed E-state index contributed by atoms with van der Waals surface area (Å²) in [5, 5.41) is 16.7. The highest BCUT2D eigenvalue weighted by atomic mass is 32.1. The molecule has 0 aromatic carbocycles. The molecule has 0 saturated carbocycles. The van der Waals surface area contributed by atoms with Gasteiger partial charge in [-0.2, -0.15) is 0 Å². The number of aromatic nitrogens is 1. The first-order valence-electron chi connectivity index (χ1n) is 9.32. The van der Waals surface area contributed by atoms with Gasteiger partial charge in [-0.3, -0.25) is 4.79 Å². The number of piperidine rings is 1. The van der Waals surface area contributed by atoms with E-state index in [2.05, 4.69) is 20.4 Å². The number of amides is 2. The first-order chi connectivity index (χ1) is 13.6. The van der Waals surface area contributed by atoms with Gasteiger partial charge in [0.2, 0.25) is 0 Å². The van der Waals surface area contributed by atoms with Gasteiger partial charge in [-0.1, -0.05) is 0 Å². The number of methoxy groups -OCH3 is 1. The SMILES string of the molecule is COC(=O)[C@H](CO)NC(=O)c1csc(N2CCC[C@@H](NC(=O)OC(C)(C)C)C2)n1. The van der Waals surface area contributed by atoms with Crippen LogP contribution in [0.2, 0.25) is 0 Å². The third kappa shape index (κ3) is 6.86. The fourth-order valence-electron chi connectivity index (χ4n) is 2.81. The van der Waals surface area contributed by atoms with Crippen molar-refractivity contribution in [3.63, 3.8) is 0 Å². The number of rotatable bonds is 6. The normalized spacial score (nSPS) is 18.0. The standard InChI is InChI=1S/C18H28N4O6S/c1-18(2,3)28-17(26)19-11-6-5-7-22(8-11)16-21-13(10-29-16)14(24)20-12(9-23)15(25)27-4/h10-12,23H,5-9H2,1-4H3,(H,19,26)(H,20,24)/t11-,12+/m1/s1. The molecule has 2 rings (SSSR count). The molecule has 1 fully saturated rings. The van der Waals surface area contributed by atoms with Crippen molar-refractivity contribution in [1.82, 2.24) is 15.6 Å². The number of hydrogen-bond acceptors (Lipinski definition) is 9. The third-order valence-electron chi connectivity index (χ3n) is 4.11. The Morgan fingerprint density at radius 2 is 2.14 bits per heavy atom. The molecule has 2 atom stereocenters. The summed E-state index contributed by atoms with van der Waals surface area (Å²) in [5.74, 6) is -1.30. The fraction of sp³-hybridized carbons (Fsp3) is 0.667. The van der Waals surface area contributed by atoms with E-state index in [-0.39, 0.29) is 11.7 Å². The van der Waals surface area contributed by atoms with Crippen molar-refractivity contribution >= 4 is 34.4 Å². The fourth-order valence-corrected chi connectivity index (χ4v) is 3.65. The smallest absolute Gasteiger partial charge is 0.407 e. The van der Waals surface area contributed by atoms with E-state index in [1.54, 1.807) is 5.38 Å². The van der Waals surface area contributed by atoms with Gasteiger partial charge in [0.15, 0.2) is 11.2 Å². The van der Waals surface area contributed by atoms with Crippen LogP contribution in [0.5, 0.6) is 0 Å². The molecule has 0 bridgehead atoms. The molecule has 10 nitrogen and oxygen atoms in total. The van der Waals surface area contributed by atoms with E-state index < -0.39 is 36.2 Å². The number of aliphatic hydroxyl groups is 1. The highest BCUT2D eigenvalue weighted by Gasteiger charge is 2.27. The Bertz CT molecular complexity index is 732. The molecule has 0 radical (unpaired) electrons. The second-order valence-electron chi connectivity index (χ2n) is 7.68. The zero-order valence-electron chi connectivity index (χ0n) is 17.1. The first-order valence-corrected chi connectivity index (χ1v) is 10.2. The number of aliphatic hydroxyl groups excluding tert-OH is 1. The van der Waals surface area contributed by atoms with Gasteiger partial charge < -0.3 is 30.1 Å². The van der Waals surface area contributed by atoms with Gasteiger partial charge in [-0.25, -0.2) is 14.6 Å². The predicted octanol–water partition coefficient (Wildman–Crippen LogP) is 0.900. The number of ether oxygens (including phenoxy) is 2. The van der Waals surface area contributed by atoms with Crippen molar-refractivity contribution in [2.24, 2.45) is 0 Å². The highest BCUT2D eigenvalue weighted by molar-refractivity contribution is 7.13. The quantitative estimate of drug-likeness (QED) is 0.570. The summed E-state index contributed by atoms with van der Waals surface area (Å²) in [4.78, 5) is 42.1. The molecule has 2 heterocycles.